The summed E-state index contributed by atoms with van der Waals surface area (Å²) < 4.78 is 0. The van der Waals surface area contributed by atoms with Crippen molar-refractivity contribution in [3.05, 3.63) is 29.8 Å². The van der Waals surface area contributed by atoms with E-state index in [4.69, 9.17) is 5.73 Å². The number of nitrogens with two attached hydrogens (primary N) is 1. The monoisotopic (exact) mass is 235 g/mol. The van der Waals surface area contributed by atoms with Crippen LogP contribution in [0.5, 0.6) is 0 Å². The van der Waals surface area contributed by atoms with E-state index in [1.807, 2.05) is 43.3 Å². The van der Waals surface area contributed by atoms with Crippen molar-refractivity contribution in [2.45, 2.75) is 5.92 Å². The normalized spacial score (nSPS) is 12.1. The van der Waals surface area contributed by atoms with Crippen LogP contribution in [0.2, 0.25) is 0 Å². The van der Waals surface area contributed by atoms with Crippen LogP contribution < -0.4 is 10.6 Å². The molecule has 94 valence electrons. The van der Waals surface area contributed by atoms with E-state index in [9.17, 15) is 4.79 Å². The van der Waals surface area contributed by atoms with E-state index < -0.39 is 0 Å². The van der Waals surface area contributed by atoms with E-state index in [-0.39, 0.29) is 11.8 Å². The number of benzene rings is 1. The molecule has 0 saturated heterocycles. The summed E-state index contributed by atoms with van der Waals surface area (Å²) in [6, 6.07) is 7.93. The molecule has 0 bridgehead atoms. The molecule has 0 aliphatic heterocycles. The number of rotatable bonds is 4. The minimum atomic E-state index is -0.249. The number of amides is 1. The minimum Gasteiger partial charge on any atom is -0.378 e. The molecule has 0 aromatic heterocycles. The smallest absolute Gasteiger partial charge is 0.230 e. The quantitative estimate of drug-likeness (QED) is 0.843. The highest BCUT2D eigenvalue weighted by atomic mass is 16.2. The summed E-state index contributed by atoms with van der Waals surface area (Å²) in [4.78, 5) is 15.5. The maximum absolute atomic E-state index is 11.9. The third kappa shape index (κ3) is 3.20. The van der Waals surface area contributed by atoms with Gasteiger partial charge >= 0.3 is 0 Å². The van der Waals surface area contributed by atoms with Crippen LogP contribution in [0.15, 0.2) is 24.3 Å². The van der Waals surface area contributed by atoms with Crippen molar-refractivity contribution >= 4 is 11.6 Å². The van der Waals surface area contributed by atoms with Gasteiger partial charge in [-0.2, -0.15) is 0 Å². The van der Waals surface area contributed by atoms with Crippen molar-refractivity contribution < 1.29 is 4.79 Å². The summed E-state index contributed by atoms with van der Waals surface area (Å²) in [5.74, 6) is -0.202. The Morgan fingerprint density at radius 1 is 1.18 bits per heavy atom. The summed E-state index contributed by atoms with van der Waals surface area (Å²) in [5.41, 5.74) is 7.77. The second-order valence-corrected chi connectivity index (χ2v) is 4.51. The van der Waals surface area contributed by atoms with E-state index in [0.29, 0.717) is 6.54 Å². The molecule has 1 unspecified atom stereocenters. The molecule has 1 rings (SSSR count). The number of carbonyl (C=O) groups excluding carboxylic acids is 1. The Labute approximate surface area is 103 Å². The number of carbonyl (C=O) groups is 1. The van der Waals surface area contributed by atoms with E-state index in [2.05, 4.69) is 0 Å². The standard InChI is InChI=1S/C13H21N3O/c1-15(2)11-7-5-10(6-8-11)12(9-14)13(17)16(3)4/h5-8,12H,9,14H2,1-4H3. The van der Waals surface area contributed by atoms with Gasteiger partial charge in [-0.05, 0) is 17.7 Å². The van der Waals surface area contributed by atoms with Crippen LogP contribution in [0.4, 0.5) is 5.69 Å². The van der Waals surface area contributed by atoms with Crippen LogP contribution in [-0.4, -0.2) is 45.5 Å². The molecular weight excluding hydrogens is 214 g/mol. The lowest BCUT2D eigenvalue weighted by Crippen LogP contribution is -2.32. The first-order valence-corrected chi connectivity index (χ1v) is 5.66. The topological polar surface area (TPSA) is 49.6 Å². The van der Waals surface area contributed by atoms with Crippen LogP contribution >= 0.6 is 0 Å². The molecule has 1 aromatic carbocycles. The lowest BCUT2D eigenvalue weighted by molar-refractivity contribution is -0.130. The third-order valence-electron chi connectivity index (χ3n) is 2.79. The third-order valence-corrected chi connectivity index (χ3v) is 2.79. The molecule has 1 atom stereocenters. The van der Waals surface area contributed by atoms with Gasteiger partial charge in [0.05, 0.1) is 5.92 Å². The summed E-state index contributed by atoms with van der Waals surface area (Å²) in [5, 5.41) is 0. The predicted molar refractivity (Wildman–Crippen MR) is 71.3 cm³/mol. The molecule has 17 heavy (non-hydrogen) atoms. The second kappa shape index (κ2) is 5.68. The van der Waals surface area contributed by atoms with E-state index in [1.54, 1.807) is 19.0 Å². The van der Waals surface area contributed by atoms with Crippen molar-refractivity contribution in [3.8, 4) is 0 Å². The van der Waals surface area contributed by atoms with Crippen molar-refractivity contribution in [1.82, 2.24) is 4.90 Å². The largest absolute Gasteiger partial charge is 0.378 e. The molecule has 1 amide bonds. The Hall–Kier alpha value is -1.55. The van der Waals surface area contributed by atoms with Crippen LogP contribution in [0.25, 0.3) is 0 Å². The maximum Gasteiger partial charge on any atom is 0.230 e. The van der Waals surface area contributed by atoms with Crippen molar-refractivity contribution in [1.29, 1.82) is 0 Å². The van der Waals surface area contributed by atoms with Gasteiger partial charge < -0.3 is 15.5 Å². The average molecular weight is 235 g/mol. The molecule has 4 nitrogen and oxygen atoms in total. The first-order valence-electron chi connectivity index (χ1n) is 5.66. The Morgan fingerprint density at radius 3 is 2.06 bits per heavy atom. The maximum atomic E-state index is 11.9. The molecule has 0 saturated carbocycles. The highest BCUT2D eigenvalue weighted by molar-refractivity contribution is 5.83. The number of hydrogen-bond acceptors (Lipinski definition) is 3. The summed E-state index contributed by atoms with van der Waals surface area (Å²) in [6.07, 6.45) is 0. The van der Waals surface area contributed by atoms with Gasteiger partial charge in [-0.1, -0.05) is 12.1 Å². The van der Waals surface area contributed by atoms with Crippen molar-refractivity contribution in [2.24, 2.45) is 5.73 Å². The first-order chi connectivity index (χ1) is 7.97. The Kier molecular flexibility index (Phi) is 4.52. The molecule has 0 aliphatic rings. The van der Waals surface area contributed by atoms with Gasteiger partial charge in [-0.15, -0.1) is 0 Å². The van der Waals surface area contributed by atoms with Gasteiger partial charge in [0.1, 0.15) is 0 Å². The molecule has 0 aliphatic carbocycles. The first kappa shape index (κ1) is 13.5. The van der Waals surface area contributed by atoms with Gasteiger partial charge in [0.15, 0.2) is 0 Å². The van der Waals surface area contributed by atoms with E-state index >= 15 is 0 Å². The lowest BCUT2D eigenvalue weighted by Gasteiger charge is -2.20. The van der Waals surface area contributed by atoms with Gasteiger partial charge in [0.2, 0.25) is 5.91 Å². The molecule has 2 N–H and O–H groups in total. The zero-order valence-electron chi connectivity index (χ0n) is 11.0. The van der Waals surface area contributed by atoms with Gasteiger partial charge in [0, 0.05) is 40.4 Å². The molecule has 0 radical (unpaired) electrons. The molecular formula is C13H21N3O. The van der Waals surface area contributed by atoms with Crippen LogP contribution in [0.3, 0.4) is 0 Å². The van der Waals surface area contributed by atoms with Crippen LogP contribution in [0, 0.1) is 0 Å². The molecule has 4 heteroatoms. The highest BCUT2D eigenvalue weighted by Crippen LogP contribution is 2.20. The highest BCUT2D eigenvalue weighted by Gasteiger charge is 2.20. The number of likely N-dealkylation sites (N-methyl/N-ethyl adjacent to an activating group) is 1. The lowest BCUT2D eigenvalue weighted by atomic mass is 9.97. The molecule has 0 fully saturated rings. The average Bonchev–Trinajstić information content (AvgIpc) is 2.30. The summed E-state index contributed by atoms with van der Waals surface area (Å²) in [7, 11) is 7.47. The Bertz CT molecular complexity index is 371. The van der Waals surface area contributed by atoms with Crippen molar-refractivity contribution in [3.63, 3.8) is 0 Å². The summed E-state index contributed by atoms with van der Waals surface area (Å²) >= 11 is 0. The minimum absolute atomic E-state index is 0.0464. The number of anilines is 1. The fourth-order valence-electron chi connectivity index (χ4n) is 1.70. The SMILES string of the molecule is CN(C)C(=O)C(CN)c1ccc(N(C)C)cc1. The predicted octanol–water partition coefficient (Wildman–Crippen LogP) is 0.883. The number of nitrogens with zero attached hydrogens (tertiary/aromatic N) is 2. The number of hydrogen-bond donors (Lipinski definition) is 1. The van der Waals surface area contributed by atoms with Gasteiger partial charge in [-0.25, -0.2) is 0 Å². The van der Waals surface area contributed by atoms with E-state index in [0.717, 1.165) is 11.3 Å². The molecule has 0 spiro atoms. The zero-order chi connectivity index (χ0) is 13.0. The summed E-state index contributed by atoms with van der Waals surface area (Å²) in [6.45, 7) is 0.332. The van der Waals surface area contributed by atoms with E-state index in [1.165, 1.54) is 0 Å². The fourth-order valence-corrected chi connectivity index (χ4v) is 1.70. The zero-order valence-corrected chi connectivity index (χ0v) is 11.0. The van der Waals surface area contributed by atoms with Crippen LogP contribution in [-0.2, 0) is 4.79 Å². The Morgan fingerprint density at radius 2 is 1.71 bits per heavy atom. The molecule has 1 aromatic rings. The molecule has 0 heterocycles. The van der Waals surface area contributed by atoms with Crippen LogP contribution in [0.1, 0.15) is 11.5 Å². The van der Waals surface area contributed by atoms with Crippen molar-refractivity contribution in [2.75, 3.05) is 39.6 Å². The Balaban J connectivity index is 2.93. The fraction of sp³-hybridized carbons (Fsp3) is 0.462. The van der Waals surface area contributed by atoms with Gasteiger partial charge in [0.25, 0.3) is 0 Å². The van der Waals surface area contributed by atoms with Gasteiger partial charge in [-0.3, -0.25) is 4.79 Å². The second-order valence-electron chi connectivity index (χ2n) is 4.51.